The van der Waals surface area contributed by atoms with E-state index in [1.54, 1.807) is 0 Å². The summed E-state index contributed by atoms with van der Waals surface area (Å²) in [5.41, 5.74) is 0. The van der Waals surface area contributed by atoms with Crippen LogP contribution in [0.2, 0.25) is 0 Å². The molecule has 25 heavy (non-hydrogen) atoms. The quantitative estimate of drug-likeness (QED) is 0.299. The van der Waals surface area contributed by atoms with Crippen LogP contribution in [0.1, 0.15) is 97.3 Å². The third-order valence-electron chi connectivity index (χ3n) is 4.50. The first-order valence-electron chi connectivity index (χ1n) is 9.90. The zero-order chi connectivity index (χ0) is 19.1. The molecule has 5 nitrogen and oxygen atoms in total. The maximum atomic E-state index is 12.1. The van der Waals surface area contributed by atoms with Crippen molar-refractivity contribution < 1.29 is 24.6 Å². The molecule has 0 aliphatic carbocycles. The van der Waals surface area contributed by atoms with Gasteiger partial charge in [0.25, 0.3) is 0 Å². The molecule has 0 heterocycles. The van der Waals surface area contributed by atoms with Crippen molar-refractivity contribution in [1.29, 1.82) is 0 Å². The number of hydrogen-bond acceptors (Lipinski definition) is 4. The molecule has 0 aromatic rings. The molecule has 0 bridgehead atoms. The van der Waals surface area contributed by atoms with Gasteiger partial charge in [-0.3, -0.25) is 14.4 Å². The van der Waals surface area contributed by atoms with E-state index >= 15 is 0 Å². The average Bonchev–Trinajstić information content (AvgIpc) is 2.54. The summed E-state index contributed by atoms with van der Waals surface area (Å²) in [5, 5.41) is 19.1. The topological polar surface area (TPSA) is 91.7 Å². The van der Waals surface area contributed by atoms with Crippen LogP contribution in [0.25, 0.3) is 0 Å². The lowest BCUT2D eigenvalue weighted by molar-refractivity contribution is -0.151. The summed E-state index contributed by atoms with van der Waals surface area (Å²) in [4.78, 5) is 35.5. The lowest BCUT2D eigenvalue weighted by atomic mass is 9.91. The summed E-state index contributed by atoms with van der Waals surface area (Å²) in [6.45, 7) is 4.20. The van der Waals surface area contributed by atoms with Crippen LogP contribution in [0.5, 0.6) is 0 Å². The van der Waals surface area contributed by atoms with Crippen LogP contribution in [0.4, 0.5) is 0 Å². The molecule has 0 fully saturated rings. The van der Waals surface area contributed by atoms with E-state index in [0.717, 1.165) is 38.5 Å². The summed E-state index contributed by atoms with van der Waals surface area (Å²) >= 11 is 0. The standard InChI is InChI=1S/C20H36O5/c1-3-5-7-8-9-10-12-14-17(22)19(20(24)25)18(23)15-16(21)13-11-6-4-2/h16,19,21H,3-15H2,1-2H3,(H,24,25). The molecule has 0 aromatic carbocycles. The van der Waals surface area contributed by atoms with Crippen molar-refractivity contribution in [2.24, 2.45) is 5.92 Å². The molecular formula is C20H36O5. The Labute approximate surface area is 152 Å². The Morgan fingerprint density at radius 1 is 0.760 bits per heavy atom. The van der Waals surface area contributed by atoms with E-state index in [1.807, 2.05) is 6.92 Å². The first-order chi connectivity index (χ1) is 11.9. The number of carboxylic acid groups (broad SMARTS) is 1. The number of hydrogen-bond donors (Lipinski definition) is 2. The smallest absolute Gasteiger partial charge is 0.321 e. The van der Waals surface area contributed by atoms with E-state index in [-0.39, 0.29) is 12.8 Å². The number of carbonyl (C=O) groups excluding carboxylic acids is 2. The zero-order valence-corrected chi connectivity index (χ0v) is 16.0. The number of carbonyl (C=O) groups is 3. The van der Waals surface area contributed by atoms with E-state index in [9.17, 15) is 24.6 Å². The van der Waals surface area contributed by atoms with Gasteiger partial charge in [-0.1, -0.05) is 71.6 Å². The van der Waals surface area contributed by atoms with Crippen molar-refractivity contribution in [2.75, 3.05) is 0 Å². The molecule has 5 heteroatoms. The number of rotatable bonds is 17. The Kier molecular flexibility index (Phi) is 14.3. The average molecular weight is 357 g/mol. The first kappa shape index (κ1) is 23.8. The van der Waals surface area contributed by atoms with Gasteiger partial charge in [0, 0.05) is 12.8 Å². The Morgan fingerprint density at radius 3 is 1.84 bits per heavy atom. The van der Waals surface area contributed by atoms with E-state index < -0.39 is 29.6 Å². The number of carboxylic acids is 1. The van der Waals surface area contributed by atoms with Crippen LogP contribution in [0.3, 0.4) is 0 Å². The maximum absolute atomic E-state index is 12.1. The second kappa shape index (κ2) is 15.1. The molecule has 2 unspecified atom stereocenters. The van der Waals surface area contributed by atoms with Crippen LogP contribution >= 0.6 is 0 Å². The van der Waals surface area contributed by atoms with Crippen LogP contribution in [0.15, 0.2) is 0 Å². The molecule has 0 aromatic heterocycles. The molecule has 0 saturated heterocycles. The Balaban J connectivity index is 4.21. The highest BCUT2D eigenvalue weighted by Crippen LogP contribution is 2.15. The van der Waals surface area contributed by atoms with E-state index in [4.69, 9.17) is 0 Å². The van der Waals surface area contributed by atoms with Crippen molar-refractivity contribution in [3.63, 3.8) is 0 Å². The molecule has 0 rings (SSSR count). The molecule has 0 amide bonds. The molecular weight excluding hydrogens is 320 g/mol. The second-order valence-electron chi connectivity index (χ2n) is 6.93. The van der Waals surface area contributed by atoms with Crippen LogP contribution < -0.4 is 0 Å². The van der Waals surface area contributed by atoms with Crippen LogP contribution in [-0.4, -0.2) is 33.9 Å². The Hall–Kier alpha value is -1.23. The molecule has 0 spiro atoms. The fourth-order valence-electron chi connectivity index (χ4n) is 2.94. The van der Waals surface area contributed by atoms with Gasteiger partial charge in [-0.2, -0.15) is 0 Å². The van der Waals surface area contributed by atoms with Gasteiger partial charge in [0.15, 0.2) is 17.5 Å². The van der Waals surface area contributed by atoms with Crippen molar-refractivity contribution in [1.82, 2.24) is 0 Å². The minimum Gasteiger partial charge on any atom is -0.480 e. The minimum absolute atomic E-state index is 0.127. The molecule has 0 aliphatic heterocycles. The normalized spacial score (nSPS) is 13.4. The highest BCUT2D eigenvalue weighted by molar-refractivity contribution is 6.16. The molecule has 146 valence electrons. The molecule has 0 saturated carbocycles. The van der Waals surface area contributed by atoms with E-state index in [2.05, 4.69) is 6.92 Å². The van der Waals surface area contributed by atoms with E-state index in [0.29, 0.717) is 12.8 Å². The number of Topliss-reactive ketones (excluding diaryl/α,β-unsaturated/α-hetero) is 2. The van der Waals surface area contributed by atoms with Gasteiger partial charge in [-0.15, -0.1) is 0 Å². The number of aliphatic hydroxyl groups excluding tert-OH is 1. The van der Waals surface area contributed by atoms with Gasteiger partial charge >= 0.3 is 5.97 Å². The highest BCUT2D eigenvalue weighted by atomic mass is 16.4. The van der Waals surface area contributed by atoms with Crippen LogP contribution in [0, 0.1) is 5.92 Å². The third kappa shape index (κ3) is 11.9. The van der Waals surface area contributed by atoms with Crippen molar-refractivity contribution in [3.05, 3.63) is 0 Å². The van der Waals surface area contributed by atoms with Gasteiger partial charge in [-0.25, -0.2) is 0 Å². The van der Waals surface area contributed by atoms with Crippen molar-refractivity contribution in [2.45, 2.75) is 103 Å². The highest BCUT2D eigenvalue weighted by Gasteiger charge is 2.33. The number of aliphatic hydroxyl groups is 1. The van der Waals surface area contributed by atoms with Gasteiger partial charge in [0.2, 0.25) is 0 Å². The predicted octanol–water partition coefficient (Wildman–Crippen LogP) is 4.30. The summed E-state index contributed by atoms with van der Waals surface area (Å²) in [6, 6.07) is 0. The Bertz CT molecular complexity index is 392. The first-order valence-corrected chi connectivity index (χ1v) is 9.90. The maximum Gasteiger partial charge on any atom is 0.321 e. The summed E-state index contributed by atoms with van der Waals surface area (Å²) in [5.74, 6) is -4.18. The molecule has 0 aliphatic rings. The number of ketones is 2. The molecule has 2 N–H and O–H groups in total. The van der Waals surface area contributed by atoms with Gasteiger partial charge < -0.3 is 10.2 Å². The predicted molar refractivity (Wildman–Crippen MR) is 98.5 cm³/mol. The summed E-state index contributed by atoms with van der Waals surface area (Å²) in [7, 11) is 0. The number of unbranched alkanes of at least 4 members (excludes halogenated alkanes) is 8. The molecule has 2 atom stereocenters. The third-order valence-corrected chi connectivity index (χ3v) is 4.50. The van der Waals surface area contributed by atoms with Gasteiger partial charge in [0.1, 0.15) is 0 Å². The van der Waals surface area contributed by atoms with Gasteiger partial charge in [-0.05, 0) is 12.8 Å². The largest absolute Gasteiger partial charge is 0.480 e. The lowest BCUT2D eigenvalue weighted by Gasteiger charge is -2.14. The Morgan fingerprint density at radius 2 is 1.28 bits per heavy atom. The second-order valence-corrected chi connectivity index (χ2v) is 6.93. The van der Waals surface area contributed by atoms with Gasteiger partial charge in [0.05, 0.1) is 6.10 Å². The minimum atomic E-state index is -1.61. The SMILES string of the molecule is CCCCCCCCCC(=O)C(C(=O)O)C(=O)CC(O)CCCCC. The zero-order valence-electron chi connectivity index (χ0n) is 16.0. The fraction of sp³-hybridized carbons (Fsp3) is 0.850. The molecule has 0 radical (unpaired) electrons. The fourth-order valence-corrected chi connectivity index (χ4v) is 2.94. The monoisotopic (exact) mass is 356 g/mol. The van der Waals surface area contributed by atoms with Crippen molar-refractivity contribution >= 4 is 17.5 Å². The van der Waals surface area contributed by atoms with Crippen LogP contribution in [-0.2, 0) is 14.4 Å². The lowest BCUT2D eigenvalue weighted by Crippen LogP contribution is -2.33. The van der Waals surface area contributed by atoms with E-state index in [1.165, 1.54) is 19.3 Å². The summed E-state index contributed by atoms with van der Waals surface area (Å²) < 4.78 is 0. The van der Waals surface area contributed by atoms with Crippen molar-refractivity contribution in [3.8, 4) is 0 Å². The summed E-state index contributed by atoms with van der Waals surface area (Å²) in [6.07, 6.45) is 9.54. The number of aliphatic carboxylic acids is 1.